The van der Waals surface area contributed by atoms with Crippen molar-refractivity contribution in [1.82, 2.24) is 10.6 Å². The molecule has 17 heavy (non-hydrogen) atoms. The maximum atomic E-state index is 11.6. The van der Waals surface area contributed by atoms with Gasteiger partial charge in [-0.2, -0.15) is 0 Å². The number of nitrogens with one attached hydrogen (secondary N) is 2. The van der Waals surface area contributed by atoms with Crippen molar-refractivity contribution in [3.8, 4) is 0 Å². The largest absolute Gasteiger partial charge is 0.391 e. The van der Waals surface area contributed by atoms with Gasteiger partial charge in [0.05, 0.1) is 12.1 Å². The first-order chi connectivity index (χ1) is 8.16. The van der Waals surface area contributed by atoms with Gasteiger partial charge in [-0.25, -0.2) is 0 Å². The number of hydrogen-bond donors (Lipinski definition) is 3. The Morgan fingerprint density at radius 3 is 2.41 bits per heavy atom. The van der Waals surface area contributed by atoms with Gasteiger partial charge in [-0.3, -0.25) is 9.59 Å². The van der Waals surface area contributed by atoms with Crippen molar-refractivity contribution in [1.29, 1.82) is 0 Å². The van der Waals surface area contributed by atoms with Gasteiger partial charge in [0, 0.05) is 6.54 Å². The van der Waals surface area contributed by atoms with Gasteiger partial charge < -0.3 is 15.7 Å². The van der Waals surface area contributed by atoms with E-state index in [1.165, 1.54) is 0 Å². The summed E-state index contributed by atoms with van der Waals surface area (Å²) in [5.74, 6) is -0.627. The van der Waals surface area contributed by atoms with Gasteiger partial charge in [0.15, 0.2) is 0 Å². The summed E-state index contributed by atoms with van der Waals surface area (Å²) < 4.78 is 0. The van der Waals surface area contributed by atoms with Crippen molar-refractivity contribution in [2.24, 2.45) is 5.92 Å². The van der Waals surface area contributed by atoms with Gasteiger partial charge in [0.25, 0.3) is 0 Å². The summed E-state index contributed by atoms with van der Waals surface area (Å²) in [7, 11) is 0. The SMILES string of the molecule is O=C(NCC1CC1)C(=O)N[C@H]1CCCC[C@@H]1O. The highest BCUT2D eigenvalue weighted by atomic mass is 16.3. The Kier molecular flexibility index (Phi) is 3.99. The van der Waals surface area contributed by atoms with Crippen LogP contribution in [0.1, 0.15) is 38.5 Å². The first kappa shape index (κ1) is 12.4. The van der Waals surface area contributed by atoms with Crippen LogP contribution >= 0.6 is 0 Å². The van der Waals surface area contributed by atoms with Crippen molar-refractivity contribution >= 4 is 11.8 Å². The molecule has 0 aromatic heterocycles. The monoisotopic (exact) mass is 240 g/mol. The Hall–Kier alpha value is -1.10. The fourth-order valence-corrected chi connectivity index (χ4v) is 2.15. The average Bonchev–Trinajstić information content (AvgIpc) is 3.13. The van der Waals surface area contributed by atoms with Crippen molar-refractivity contribution in [2.75, 3.05) is 6.54 Å². The summed E-state index contributed by atoms with van der Waals surface area (Å²) in [6.07, 6.45) is 5.21. The predicted octanol–water partition coefficient (Wildman–Crippen LogP) is -0.0677. The summed E-state index contributed by atoms with van der Waals surface area (Å²) in [6.45, 7) is 0.597. The molecule has 2 atom stereocenters. The van der Waals surface area contributed by atoms with Crippen molar-refractivity contribution < 1.29 is 14.7 Å². The number of rotatable bonds is 3. The van der Waals surface area contributed by atoms with E-state index in [1.54, 1.807) is 0 Å². The van der Waals surface area contributed by atoms with E-state index in [9.17, 15) is 14.7 Å². The van der Waals surface area contributed by atoms with Crippen LogP contribution < -0.4 is 10.6 Å². The van der Waals surface area contributed by atoms with Crippen LogP contribution in [0.2, 0.25) is 0 Å². The van der Waals surface area contributed by atoms with Crippen LogP contribution in [-0.4, -0.2) is 35.6 Å². The molecule has 0 unspecified atom stereocenters. The van der Waals surface area contributed by atoms with Crippen LogP contribution in [0.4, 0.5) is 0 Å². The van der Waals surface area contributed by atoms with Gasteiger partial charge >= 0.3 is 11.8 Å². The fourth-order valence-electron chi connectivity index (χ4n) is 2.15. The number of carbonyl (C=O) groups is 2. The molecule has 0 bridgehead atoms. The normalized spacial score (nSPS) is 28.5. The first-order valence-electron chi connectivity index (χ1n) is 6.43. The molecule has 5 heteroatoms. The highest BCUT2D eigenvalue weighted by Gasteiger charge is 2.28. The Balaban J connectivity index is 1.72. The van der Waals surface area contributed by atoms with Gasteiger partial charge in [-0.05, 0) is 31.6 Å². The lowest BCUT2D eigenvalue weighted by Gasteiger charge is -2.27. The predicted molar refractivity (Wildman–Crippen MR) is 62.1 cm³/mol. The molecule has 2 fully saturated rings. The zero-order valence-electron chi connectivity index (χ0n) is 9.95. The molecule has 0 aromatic rings. The minimum atomic E-state index is -0.614. The van der Waals surface area contributed by atoms with E-state index in [0.717, 1.165) is 32.1 Å². The molecular weight excluding hydrogens is 220 g/mol. The van der Waals surface area contributed by atoms with Crippen LogP contribution in [0.5, 0.6) is 0 Å². The highest BCUT2D eigenvalue weighted by Crippen LogP contribution is 2.27. The quantitative estimate of drug-likeness (QED) is 0.604. The Morgan fingerprint density at radius 1 is 1.06 bits per heavy atom. The molecule has 96 valence electrons. The molecule has 2 aliphatic carbocycles. The summed E-state index contributed by atoms with van der Waals surface area (Å²) in [5, 5.41) is 14.9. The summed E-state index contributed by atoms with van der Waals surface area (Å²) in [6, 6.07) is -0.261. The number of aliphatic hydroxyl groups excluding tert-OH is 1. The Morgan fingerprint density at radius 2 is 1.76 bits per heavy atom. The van der Waals surface area contributed by atoms with Crippen LogP contribution in [0.15, 0.2) is 0 Å². The lowest BCUT2D eigenvalue weighted by atomic mass is 9.92. The zero-order chi connectivity index (χ0) is 12.3. The summed E-state index contributed by atoms with van der Waals surface area (Å²) >= 11 is 0. The third-order valence-corrected chi connectivity index (χ3v) is 3.50. The maximum absolute atomic E-state index is 11.6. The van der Waals surface area contributed by atoms with Crippen molar-refractivity contribution in [3.63, 3.8) is 0 Å². The van der Waals surface area contributed by atoms with Crippen LogP contribution in [0, 0.1) is 5.92 Å². The van der Waals surface area contributed by atoms with E-state index in [0.29, 0.717) is 18.9 Å². The summed E-state index contributed by atoms with van der Waals surface area (Å²) in [5.41, 5.74) is 0. The molecule has 2 rings (SSSR count). The van der Waals surface area contributed by atoms with Gasteiger partial charge in [-0.1, -0.05) is 12.8 Å². The van der Waals surface area contributed by atoms with E-state index >= 15 is 0 Å². The molecule has 0 aliphatic heterocycles. The van der Waals surface area contributed by atoms with E-state index in [2.05, 4.69) is 10.6 Å². The molecule has 2 aliphatic rings. The van der Waals surface area contributed by atoms with E-state index in [-0.39, 0.29) is 6.04 Å². The molecule has 3 N–H and O–H groups in total. The number of amides is 2. The zero-order valence-corrected chi connectivity index (χ0v) is 9.95. The first-order valence-corrected chi connectivity index (χ1v) is 6.43. The van der Waals surface area contributed by atoms with Gasteiger partial charge in [0.2, 0.25) is 0 Å². The molecule has 2 saturated carbocycles. The fraction of sp³-hybridized carbons (Fsp3) is 0.833. The minimum absolute atomic E-state index is 0.261. The molecule has 0 heterocycles. The third kappa shape index (κ3) is 3.70. The van der Waals surface area contributed by atoms with Gasteiger partial charge in [-0.15, -0.1) is 0 Å². The van der Waals surface area contributed by atoms with E-state index in [4.69, 9.17) is 0 Å². The highest BCUT2D eigenvalue weighted by molar-refractivity contribution is 6.35. The lowest BCUT2D eigenvalue weighted by Crippen LogP contribution is -2.50. The molecule has 0 aromatic carbocycles. The van der Waals surface area contributed by atoms with Crippen LogP contribution in [-0.2, 0) is 9.59 Å². The van der Waals surface area contributed by atoms with E-state index < -0.39 is 17.9 Å². The number of carbonyl (C=O) groups excluding carboxylic acids is 2. The second-order valence-electron chi connectivity index (χ2n) is 5.09. The molecular formula is C12H20N2O3. The van der Waals surface area contributed by atoms with Crippen LogP contribution in [0.3, 0.4) is 0 Å². The molecule has 0 spiro atoms. The third-order valence-electron chi connectivity index (χ3n) is 3.50. The van der Waals surface area contributed by atoms with E-state index in [1.807, 2.05) is 0 Å². The van der Waals surface area contributed by atoms with Gasteiger partial charge in [0.1, 0.15) is 0 Å². The maximum Gasteiger partial charge on any atom is 0.309 e. The molecule has 2 amide bonds. The van der Waals surface area contributed by atoms with Crippen LogP contribution in [0.25, 0.3) is 0 Å². The van der Waals surface area contributed by atoms with Crippen molar-refractivity contribution in [2.45, 2.75) is 50.7 Å². The second-order valence-corrected chi connectivity index (χ2v) is 5.09. The molecule has 0 radical (unpaired) electrons. The number of hydrogen-bond acceptors (Lipinski definition) is 3. The minimum Gasteiger partial charge on any atom is -0.391 e. The molecule has 5 nitrogen and oxygen atoms in total. The van der Waals surface area contributed by atoms with Crippen molar-refractivity contribution in [3.05, 3.63) is 0 Å². The topological polar surface area (TPSA) is 78.4 Å². The Bertz CT molecular complexity index is 302. The number of aliphatic hydroxyl groups is 1. The smallest absolute Gasteiger partial charge is 0.309 e. The lowest BCUT2D eigenvalue weighted by molar-refractivity contribution is -0.140. The second kappa shape index (κ2) is 5.49. The average molecular weight is 240 g/mol. The standard InChI is InChI=1S/C12H20N2O3/c15-10-4-2-1-3-9(10)14-12(17)11(16)13-7-8-5-6-8/h8-10,15H,1-7H2,(H,13,16)(H,14,17)/t9-,10-/m0/s1. The molecule has 0 saturated heterocycles. The Labute approximate surface area is 101 Å². The summed E-state index contributed by atoms with van der Waals surface area (Å²) in [4.78, 5) is 23.0.